The van der Waals surface area contributed by atoms with E-state index in [4.69, 9.17) is 9.47 Å². The first-order chi connectivity index (χ1) is 16.3. The molecule has 2 saturated heterocycles. The Balaban J connectivity index is 2.05. The largest absolute Gasteiger partial charge is 0.491 e. The summed E-state index contributed by atoms with van der Waals surface area (Å²) in [5.74, 6) is -7.05. The summed E-state index contributed by atoms with van der Waals surface area (Å²) in [6.45, 7) is 1.24. The summed E-state index contributed by atoms with van der Waals surface area (Å²) in [6, 6.07) is 1.89. The summed E-state index contributed by atoms with van der Waals surface area (Å²) in [6.07, 6.45) is -10.7. The number of amides is 1. The van der Waals surface area contributed by atoms with Gasteiger partial charge < -0.3 is 24.0 Å². The Bertz CT molecular complexity index is 961. The van der Waals surface area contributed by atoms with Crippen molar-refractivity contribution in [3.05, 3.63) is 23.8 Å². The molecular formula is C21H22F6N2O6. The van der Waals surface area contributed by atoms with Gasteiger partial charge in [-0.2, -0.15) is 26.3 Å². The van der Waals surface area contributed by atoms with Crippen LogP contribution in [0.3, 0.4) is 0 Å². The number of nitrogens with zero attached hydrogens (tertiary/aromatic N) is 2. The highest BCUT2D eigenvalue weighted by atomic mass is 19.4. The number of benzene rings is 1. The second-order valence-electron chi connectivity index (χ2n) is 8.16. The van der Waals surface area contributed by atoms with Gasteiger partial charge in [0, 0.05) is 38.4 Å². The second kappa shape index (κ2) is 10.4. The van der Waals surface area contributed by atoms with Crippen LogP contribution in [0.25, 0.3) is 0 Å². The molecule has 35 heavy (non-hydrogen) atoms. The Morgan fingerprint density at radius 3 is 2.23 bits per heavy atom. The number of likely N-dealkylation sites (N-methyl/N-ethyl adjacent to an activating group) is 1. The van der Waals surface area contributed by atoms with Crippen LogP contribution in [0.5, 0.6) is 5.75 Å². The Morgan fingerprint density at radius 2 is 1.69 bits per heavy atom. The summed E-state index contributed by atoms with van der Waals surface area (Å²) in [4.78, 5) is 38.3. The number of hydrogen-bond acceptors (Lipinski definition) is 7. The van der Waals surface area contributed by atoms with Crippen LogP contribution in [0.1, 0.15) is 29.6 Å². The summed E-state index contributed by atoms with van der Waals surface area (Å²) in [7, 11) is 1.83. The van der Waals surface area contributed by atoms with E-state index in [1.807, 2.05) is 11.9 Å². The van der Waals surface area contributed by atoms with E-state index in [9.17, 15) is 40.7 Å². The molecule has 1 atom stereocenters. The van der Waals surface area contributed by atoms with Crippen LogP contribution >= 0.6 is 0 Å². The maximum atomic E-state index is 13.5. The van der Waals surface area contributed by atoms with E-state index in [1.54, 1.807) is 0 Å². The van der Waals surface area contributed by atoms with E-state index in [1.165, 1.54) is 0 Å². The summed E-state index contributed by atoms with van der Waals surface area (Å²) in [5.41, 5.74) is -1.51. The zero-order chi connectivity index (χ0) is 26.0. The van der Waals surface area contributed by atoms with Gasteiger partial charge in [0.1, 0.15) is 11.9 Å². The lowest BCUT2D eigenvalue weighted by Crippen LogP contribution is -2.50. The molecule has 1 aromatic rings. The SMILES string of the molecule is CN1CC[C@H](Oc2ccc(C(=O)OC(=O)C(F)(F)F)c(N(C(=O)C(F)(F)F)C3CCOCC3)c2)C1. The number of carbonyl (C=O) groups excluding carboxylic acids is 3. The minimum Gasteiger partial charge on any atom is -0.489 e. The maximum absolute atomic E-state index is 13.5. The number of anilines is 1. The van der Waals surface area contributed by atoms with Gasteiger partial charge in [-0.25, -0.2) is 9.59 Å². The number of rotatable bonds is 5. The van der Waals surface area contributed by atoms with Crippen molar-refractivity contribution in [1.29, 1.82) is 0 Å². The first-order valence-electron chi connectivity index (χ1n) is 10.6. The van der Waals surface area contributed by atoms with Crippen molar-refractivity contribution in [1.82, 2.24) is 4.90 Å². The highest BCUT2D eigenvalue weighted by molar-refractivity contribution is 6.07. The Morgan fingerprint density at radius 1 is 1.03 bits per heavy atom. The zero-order valence-corrected chi connectivity index (χ0v) is 18.4. The third kappa shape index (κ3) is 6.63. The Hall–Kier alpha value is -2.87. The molecule has 0 bridgehead atoms. The van der Waals surface area contributed by atoms with Crippen LogP contribution in [-0.2, 0) is 19.1 Å². The fourth-order valence-corrected chi connectivity index (χ4v) is 3.89. The molecule has 194 valence electrons. The van der Waals surface area contributed by atoms with E-state index in [0.29, 0.717) is 24.4 Å². The van der Waals surface area contributed by atoms with Crippen molar-refractivity contribution in [2.24, 2.45) is 0 Å². The predicted molar refractivity (Wildman–Crippen MR) is 107 cm³/mol. The molecule has 0 saturated carbocycles. The van der Waals surface area contributed by atoms with Crippen LogP contribution in [0.15, 0.2) is 18.2 Å². The lowest BCUT2D eigenvalue weighted by molar-refractivity contribution is -0.193. The fourth-order valence-electron chi connectivity index (χ4n) is 3.89. The number of carbonyl (C=O) groups is 3. The molecule has 0 spiro atoms. The quantitative estimate of drug-likeness (QED) is 0.341. The van der Waals surface area contributed by atoms with Crippen LogP contribution in [0.2, 0.25) is 0 Å². The van der Waals surface area contributed by atoms with E-state index in [0.717, 1.165) is 18.2 Å². The molecule has 8 nitrogen and oxygen atoms in total. The van der Waals surface area contributed by atoms with Crippen LogP contribution in [0.4, 0.5) is 32.0 Å². The van der Waals surface area contributed by atoms with Gasteiger partial charge >= 0.3 is 30.2 Å². The first-order valence-corrected chi connectivity index (χ1v) is 10.6. The van der Waals surface area contributed by atoms with Gasteiger partial charge in [0.05, 0.1) is 11.3 Å². The number of hydrogen-bond donors (Lipinski definition) is 0. The normalized spacial score (nSPS) is 19.9. The number of likely N-dealkylation sites (tertiary alicyclic amines) is 1. The third-order valence-corrected chi connectivity index (χ3v) is 5.53. The molecule has 2 aliphatic heterocycles. The van der Waals surface area contributed by atoms with Gasteiger partial charge in [-0.1, -0.05) is 0 Å². The van der Waals surface area contributed by atoms with Crippen molar-refractivity contribution in [3.63, 3.8) is 0 Å². The van der Waals surface area contributed by atoms with Crippen molar-refractivity contribution in [2.75, 3.05) is 38.3 Å². The summed E-state index contributed by atoms with van der Waals surface area (Å²) in [5, 5.41) is 0. The van der Waals surface area contributed by atoms with E-state index in [2.05, 4.69) is 4.74 Å². The van der Waals surface area contributed by atoms with Crippen LogP contribution < -0.4 is 9.64 Å². The van der Waals surface area contributed by atoms with Gasteiger partial charge in [-0.05, 0) is 38.4 Å². The standard InChI is InChI=1S/C21H22F6N2O6/c1-28-7-4-14(11-28)34-13-2-3-15(17(30)35-19(32)21(25,26)27)16(10-13)29(18(31)20(22,23)24)12-5-8-33-9-6-12/h2-3,10,12,14H,4-9,11H2,1H3/t14-/m0/s1. The van der Waals surface area contributed by atoms with Crippen LogP contribution in [-0.4, -0.2) is 80.6 Å². The molecule has 3 rings (SSSR count). The Labute approximate surface area is 195 Å². The van der Waals surface area contributed by atoms with E-state index in [-0.39, 0.29) is 37.9 Å². The lowest BCUT2D eigenvalue weighted by atomic mass is 10.0. The van der Waals surface area contributed by atoms with Gasteiger partial charge in [0.2, 0.25) is 0 Å². The monoisotopic (exact) mass is 512 g/mol. The molecule has 0 N–H and O–H groups in total. The third-order valence-electron chi connectivity index (χ3n) is 5.53. The maximum Gasteiger partial charge on any atom is 0.491 e. The molecule has 2 heterocycles. The molecule has 0 aliphatic carbocycles. The highest BCUT2D eigenvalue weighted by Crippen LogP contribution is 2.35. The van der Waals surface area contributed by atoms with Crippen molar-refractivity contribution < 1.29 is 54.9 Å². The lowest BCUT2D eigenvalue weighted by Gasteiger charge is -2.35. The van der Waals surface area contributed by atoms with Crippen molar-refractivity contribution in [2.45, 2.75) is 43.8 Å². The average molecular weight is 512 g/mol. The first kappa shape index (κ1) is 26.7. The fraction of sp³-hybridized carbons (Fsp3) is 0.571. The van der Waals surface area contributed by atoms with Crippen molar-refractivity contribution >= 4 is 23.5 Å². The molecule has 0 unspecified atom stereocenters. The van der Waals surface area contributed by atoms with Gasteiger partial charge in [-0.15, -0.1) is 0 Å². The average Bonchev–Trinajstić information content (AvgIpc) is 3.18. The van der Waals surface area contributed by atoms with E-state index < -0.39 is 47.5 Å². The smallest absolute Gasteiger partial charge is 0.489 e. The second-order valence-corrected chi connectivity index (χ2v) is 8.16. The van der Waals surface area contributed by atoms with Gasteiger partial charge in [0.25, 0.3) is 0 Å². The molecular weight excluding hydrogens is 490 g/mol. The minimum atomic E-state index is -5.52. The van der Waals surface area contributed by atoms with Gasteiger partial charge in [0.15, 0.2) is 0 Å². The highest BCUT2D eigenvalue weighted by Gasteiger charge is 2.47. The molecule has 1 amide bonds. The number of esters is 2. The molecule has 1 aromatic carbocycles. The van der Waals surface area contributed by atoms with E-state index >= 15 is 0 Å². The Kier molecular flexibility index (Phi) is 7.94. The minimum absolute atomic E-state index is 0.00830. The van der Waals surface area contributed by atoms with Crippen LogP contribution in [0, 0.1) is 0 Å². The molecule has 0 radical (unpaired) electrons. The topological polar surface area (TPSA) is 85.4 Å². The molecule has 2 fully saturated rings. The zero-order valence-electron chi connectivity index (χ0n) is 18.4. The molecule has 14 heteroatoms. The number of ether oxygens (including phenoxy) is 3. The van der Waals surface area contributed by atoms with Crippen molar-refractivity contribution in [3.8, 4) is 5.75 Å². The predicted octanol–water partition coefficient (Wildman–Crippen LogP) is 3.09. The summed E-state index contributed by atoms with van der Waals surface area (Å²) < 4.78 is 93.2. The number of alkyl halides is 6. The summed E-state index contributed by atoms with van der Waals surface area (Å²) >= 11 is 0. The van der Waals surface area contributed by atoms with Gasteiger partial charge in [-0.3, -0.25) is 4.79 Å². The molecule has 0 aromatic heterocycles. The molecule has 2 aliphatic rings. The number of halogens is 6.